The van der Waals surface area contributed by atoms with Crippen LogP contribution in [0.25, 0.3) is 11.4 Å². The molecule has 2 N–H and O–H groups in total. The summed E-state index contributed by atoms with van der Waals surface area (Å²) in [4.78, 5) is 18.6. The van der Waals surface area contributed by atoms with E-state index in [0.717, 1.165) is 18.4 Å². The predicted octanol–water partition coefficient (Wildman–Crippen LogP) is 3.22. The highest BCUT2D eigenvalue weighted by Gasteiger charge is 2.33. The summed E-state index contributed by atoms with van der Waals surface area (Å²) in [6.07, 6.45) is 1.83. The second-order valence-electron chi connectivity index (χ2n) is 6.66. The molecule has 0 bridgehead atoms. The lowest BCUT2D eigenvalue weighted by molar-refractivity contribution is -0.00973. The van der Waals surface area contributed by atoms with Crippen molar-refractivity contribution in [3.63, 3.8) is 0 Å². The van der Waals surface area contributed by atoms with Crippen LogP contribution >= 0.6 is 11.5 Å². The molecule has 1 saturated heterocycles. The number of benzene rings is 1. The molecule has 7 heteroatoms. The van der Waals surface area contributed by atoms with Crippen molar-refractivity contribution in [2.24, 2.45) is 5.92 Å². The van der Waals surface area contributed by atoms with Crippen molar-refractivity contribution in [3.05, 3.63) is 30.3 Å². The van der Waals surface area contributed by atoms with Gasteiger partial charge < -0.3 is 10.0 Å². The lowest BCUT2D eigenvalue weighted by atomic mass is 9.84. The zero-order chi connectivity index (χ0) is 17.2. The molecule has 1 aliphatic heterocycles. The van der Waals surface area contributed by atoms with Crippen molar-refractivity contribution in [2.45, 2.75) is 32.3 Å². The molecule has 0 radical (unpaired) electrons. The van der Waals surface area contributed by atoms with Gasteiger partial charge in [0.1, 0.15) is 0 Å². The minimum absolute atomic E-state index is 0.0892. The monoisotopic (exact) mass is 346 g/mol. The fourth-order valence-electron chi connectivity index (χ4n) is 2.89. The summed E-state index contributed by atoms with van der Waals surface area (Å²) in [5.41, 5.74) is 0.150. The van der Waals surface area contributed by atoms with Gasteiger partial charge in [-0.2, -0.15) is 9.36 Å². The quantitative estimate of drug-likeness (QED) is 0.894. The van der Waals surface area contributed by atoms with E-state index >= 15 is 0 Å². The fraction of sp³-hybridized carbons (Fsp3) is 0.471. The molecule has 0 saturated carbocycles. The first-order valence-electron chi connectivity index (χ1n) is 8.11. The van der Waals surface area contributed by atoms with E-state index in [-0.39, 0.29) is 11.9 Å². The van der Waals surface area contributed by atoms with Crippen LogP contribution < -0.4 is 5.32 Å². The Morgan fingerprint density at radius 1 is 1.38 bits per heavy atom. The Morgan fingerprint density at radius 3 is 2.83 bits per heavy atom. The number of likely N-dealkylation sites (tertiary alicyclic amines) is 1. The highest BCUT2D eigenvalue weighted by molar-refractivity contribution is 7.10. The summed E-state index contributed by atoms with van der Waals surface area (Å²) in [5.74, 6) is 0.704. The Balaban J connectivity index is 1.64. The minimum Gasteiger partial charge on any atom is -0.390 e. The largest absolute Gasteiger partial charge is 0.390 e. The number of rotatable bonds is 3. The molecule has 0 aliphatic carbocycles. The summed E-state index contributed by atoms with van der Waals surface area (Å²) < 4.78 is 4.30. The van der Waals surface area contributed by atoms with Gasteiger partial charge in [-0.1, -0.05) is 30.3 Å². The zero-order valence-corrected chi connectivity index (χ0v) is 14.7. The Hall–Kier alpha value is -1.99. The number of piperidine rings is 1. The molecule has 2 heterocycles. The summed E-state index contributed by atoms with van der Waals surface area (Å²) in [6, 6.07) is 9.49. The lowest BCUT2D eigenvalue weighted by Gasteiger charge is -2.38. The predicted molar refractivity (Wildman–Crippen MR) is 95.0 cm³/mol. The molecule has 1 fully saturated rings. The van der Waals surface area contributed by atoms with E-state index in [4.69, 9.17) is 0 Å². The molecule has 24 heavy (non-hydrogen) atoms. The second-order valence-corrected chi connectivity index (χ2v) is 7.41. The van der Waals surface area contributed by atoms with E-state index in [0.29, 0.717) is 24.0 Å². The average molecular weight is 346 g/mol. The molecular weight excluding hydrogens is 324 g/mol. The molecule has 3 rings (SSSR count). The van der Waals surface area contributed by atoms with Gasteiger partial charge in [0.15, 0.2) is 5.82 Å². The van der Waals surface area contributed by atoms with Crippen LogP contribution in [0.1, 0.15) is 26.7 Å². The van der Waals surface area contributed by atoms with Gasteiger partial charge in [-0.3, -0.25) is 5.32 Å². The van der Waals surface area contributed by atoms with E-state index in [1.165, 1.54) is 11.5 Å². The topological polar surface area (TPSA) is 78.4 Å². The maximum atomic E-state index is 12.5. The van der Waals surface area contributed by atoms with Crippen LogP contribution in [0.3, 0.4) is 0 Å². The number of hydrogen-bond donors (Lipinski definition) is 2. The van der Waals surface area contributed by atoms with Crippen molar-refractivity contribution >= 4 is 22.7 Å². The van der Waals surface area contributed by atoms with E-state index in [2.05, 4.69) is 14.7 Å². The van der Waals surface area contributed by atoms with E-state index in [9.17, 15) is 9.90 Å². The molecule has 0 unspecified atom stereocenters. The Morgan fingerprint density at radius 2 is 2.12 bits per heavy atom. The van der Waals surface area contributed by atoms with Gasteiger partial charge in [0.05, 0.1) is 5.60 Å². The lowest BCUT2D eigenvalue weighted by Crippen LogP contribution is -2.48. The summed E-state index contributed by atoms with van der Waals surface area (Å²) in [7, 11) is 0. The standard InChI is InChI=1S/C17H22N4O2S/c1-17(2,23)13-9-6-10-21(11-13)16(22)19-15-18-14(20-24-15)12-7-4-3-5-8-12/h3-5,7-8,13,23H,6,9-11H2,1-2H3,(H,18,19,20,22)/t13-/m1/s1. The number of carbonyl (C=O) groups is 1. The highest BCUT2D eigenvalue weighted by atomic mass is 32.1. The number of urea groups is 1. The number of aliphatic hydroxyl groups is 1. The molecule has 2 aromatic rings. The van der Waals surface area contributed by atoms with Crippen LogP contribution in [-0.2, 0) is 0 Å². The first-order chi connectivity index (χ1) is 11.4. The number of anilines is 1. The minimum atomic E-state index is -0.776. The van der Waals surface area contributed by atoms with E-state index < -0.39 is 5.60 Å². The van der Waals surface area contributed by atoms with Gasteiger partial charge in [-0.05, 0) is 26.7 Å². The van der Waals surface area contributed by atoms with Crippen molar-refractivity contribution < 1.29 is 9.90 Å². The Kier molecular flexibility index (Phi) is 4.82. The molecular formula is C17H22N4O2S. The van der Waals surface area contributed by atoms with Gasteiger partial charge in [0.2, 0.25) is 5.13 Å². The molecule has 6 nitrogen and oxygen atoms in total. The normalized spacial score (nSPS) is 18.5. The second kappa shape index (κ2) is 6.86. The van der Waals surface area contributed by atoms with Crippen molar-refractivity contribution in [2.75, 3.05) is 18.4 Å². The third-order valence-corrected chi connectivity index (χ3v) is 5.01. The highest BCUT2D eigenvalue weighted by Crippen LogP contribution is 2.27. The van der Waals surface area contributed by atoms with Crippen molar-refractivity contribution in [3.8, 4) is 11.4 Å². The molecule has 1 atom stereocenters. The van der Waals surface area contributed by atoms with Crippen molar-refractivity contribution in [1.29, 1.82) is 0 Å². The van der Waals surface area contributed by atoms with E-state index in [1.54, 1.807) is 18.7 Å². The van der Waals surface area contributed by atoms with Gasteiger partial charge in [0, 0.05) is 36.1 Å². The van der Waals surface area contributed by atoms with Crippen LogP contribution in [-0.4, -0.2) is 44.1 Å². The Bertz CT molecular complexity index is 696. The van der Waals surface area contributed by atoms with Gasteiger partial charge in [0.25, 0.3) is 0 Å². The van der Waals surface area contributed by atoms with Crippen LogP contribution in [0.2, 0.25) is 0 Å². The van der Waals surface area contributed by atoms with Gasteiger partial charge in [-0.25, -0.2) is 4.79 Å². The number of nitrogens with one attached hydrogen (secondary N) is 1. The van der Waals surface area contributed by atoms with Crippen LogP contribution in [0.15, 0.2) is 30.3 Å². The van der Waals surface area contributed by atoms with Crippen LogP contribution in [0, 0.1) is 5.92 Å². The van der Waals surface area contributed by atoms with E-state index in [1.807, 2.05) is 30.3 Å². The number of aromatic nitrogens is 2. The molecule has 1 aromatic heterocycles. The first kappa shape index (κ1) is 16.9. The van der Waals surface area contributed by atoms with Gasteiger partial charge >= 0.3 is 6.03 Å². The number of carbonyl (C=O) groups excluding carboxylic acids is 1. The summed E-state index contributed by atoms with van der Waals surface area (Å²) >= 11 is 1.17. The first-order valence-corrected chi connectivity index (χ1v) is 8.88. The molecule has 1 aliphatic rings. The number of hydrogen-bond acceptors (Lipinski definition) is 5. The summed E-state index contributed by atoms with van der Waals surface area (Å²) in [6.45, 7) is 4.86. The molecule has 2 amide bonds. The molecule has 128 valence electrons. The van der Waals surface area contributed by atoms with Gasteiger partial charge in [-0.15, -0.1) is 0 Å². The Labute approximate surface area is 145 Å². The smallest absolute Gasteiger partial charge is 0.323 e. The van der Waals surface area contributed by atoms with Crippen molar-refractivity contribution in [1.82, 2.24) is 14.3 Å². The average Bonchev–Trinajstić information content (AvgIpc) is 3.03. The third kappa shape index (κ3) is 3.91. The number of nitrogens with zero attached hydrogens (tertiary/aromatic N) is 3. The third-order valence-electron chi connectivity index (χ3n) is 4.38. The molecule has 0 spiro atoms. The molecule has 1 aromatic carbocycles. The maximum Gasteiger partial charge on any atom is 0.323 e. The number of amides is 2. The SMILES string of the molecule is CC(C)(O)[C@@H]1CCCN(C(=O)Nc2nc(-c3ccccc3)ns2)C1. The zero-order valence-electron chi connectivity index (χ0n) is 13.9. The maximum absolute atomic E-state index is 12.5. The fourth-order valence-corrected chi connectivity index (χ4v) is 3.47. The summed E-state index contributed by atoms with van der Waals surface area (Å²) in [5, 5.41) is 13.5. The van der Waals surface area contributed by atoms with Crippen LogP contribution in [0.5, 0.6) is 0 Å². The van der Waals surface area contributed by atoms with Crippen LogP contribution in [0.4, 0.5) is 9.93 Å².